The molecule has 3 N–H and O–H groups in total. The van der Waals surface area contributed by atoms with Crippen molar-refractivity contribution in [3.63, 3.8) is 0 Å². The van der Waals surface area contributed by atoms with Crippen molar-refractivity contribution in [1.82, 2.24) is 4.90 Å². The van der Waals surface area contributed by atoms with Gasteiger partial charge in [-0.3, -0.25) is 14.5 Å². The largest absolute Gasteiger partial charge is 0.478 e. The number of amides is 2. The highest BCUT2D eigenvalue weighted by Gasteiger charge is 2.31. The van der Waals surface area contributed by atoms with Crippen molar-refractivity contribution in [2.75, 3.05) is 18.5 Å². The fraction of sp³-hybridized carbons (Fsp3) is 0.143. The van der Waals surface area contributed by atoms with E-state index in [1.807, 2.05) is 6.07 Å². The number of hydrogen-bond acceptors (Lipinski definition) is 6. The van der Waals surface area contributed by atoms with E-state index in [0.29, 0.717) is 0 Å². The molecule has 0 spiro atoms. The van der Waals surface area contributed by atoms with Crippen LogP contribution in [0.2, 0.25) is 0 Å². The number of carboxylic acids is 1. The third-order valence-corrected chi connectivity index (χ3v) is 2.98. The molecular formula is C14H11N3O5. The fourth-order valence-electron chi connectivity index (χ4n) is 1.96. The Morgan fingerprint density at radius 3 is 2.68 bits per heavy atom. The highest BCUT2D eigenvalue weighted by atomic mass is 16.4. The van der Waals surface area contributed by atoms with Crippen molar-refractivity contribution < 1.29 is 24.6 Å². The summed E-state index contributed by atoms with van der Waals surface area (Å²) >= 11 is 0. The number of anilines is 1. The number of rotatable bonds is 5. The van der Waals surface area contributed by atoms with Gasteiger partial charge in [-0.2, -0.15) is 5.26 Å². The quantitative estimate of drug-likeness (QED) is 0.648. The molecule has 0 saturated heterocycles. The van der Waals surface area contributed by atoms with Gasteiger partial charge in [0.05, 0.1) is 36.0 Å². The Morgan fingerprint density at radius 1 is 1.36 bits per heavy atom. The Labute approximate surface area is 124 Å². The maximum atomic E-state index is 12.0. The molecule has 8 heteroatoms. The highest BCUT2D eigenvalue weighted by Crippen LogP contribution is 2.22. The lowest BCUT2D eigenvalue weighted by Gasteiger charge is -2.14. The Bertz CT molecular complexity index is 732. The molecule has 0 unspecified atom stereocenters. The monoisotopic (exact) mass is 301 g/mol. The number of hydrogen-bond donors (Lipinski definition) is 3. The number of nitrogens with zero attached hydrogens (tertiary/aromatic N) is 2. The van der Waals surface area contributed by atoms with Gasteiger partial charge < -0.3 is 15.5 Å². The topological polar surface area (TPSA) is 131 Å². The number of carboxylic acid groups (broad SMARTS) is 1. The number of β-amino-alcohol motifs (C(OH)–C–C–N with tert-alkyl or cyclic N) is 1. The molecule has 0 bridgehead atoms. The van der Waals surface area contributed by atoms with Gasteiger partial charge in [-0.05, 0) is 18.2 Å². The van der Waals surface area contributed by atoms with Crippen LogP contribution in [0.1, 0.15) is 15.9 Å². The Morgan fingerprint density at radius 2 is 2.09 bits per heavy atom. The molecule has 1 heterocycles. The fourth-order valence-corrected chi connectivity index (χ4v) is 1.96. The number of nitrogens with one attached hydrogen (secondary N) is 1. The molecule has 1 aromatic carbocycles. The van der Waals surface area contributed by atoms with Crippen LogP contribution in [-0.4, -0.2) is 46.0 Å². The summed E-state index contributed by atoms with van der Waals surface area (Å²) in [6, 6.07) is 5.70. The van der Waals surface area contributed by atoms with Gasteiger partial charge in [-0.15, -0.1) is 0 Å². The number of nitriles is 1. The number of imide groups is 1. The molecule has 0 saturated carbocycles. The molecule has 1 aromatic rings. The third kappa shape index (κ3) is 2.79. The number of carbonyl (C=O) groups is 3. The second-order valence-corrected chi connectivity index (χ2v) is 4.38. The van der Waals surface area contributed by atoms with Crippen molar-refractivity contribution in [2.24, 2.45) is 0 Å². The van der Waals surface area contributed by atoms with E-state index in [9.17, 15) is 14.4 Å². The molecule has 2 rings (SSSR count). The van der Waals surface area contributed by atoms with Crippen LogP contribution in [0.15, 0.2) is 30.0 Å². The average molecular weight is 301 g/mol. The van der Waals surface area contributed by atoms with Crippen LogP contribution in [0.3, 0.4) is 0 Å². The second-order valence-electron chi connectivity index (χ2n) is 4.38. The Hall–Kier alpha value is -3.18. The molecular weight excluding hydrogens is 290 g/mol. The summed E-state index contributed by atoms with van der Waals surface area (Å²) < 4.78 is 0. The summed E-state index contributed by atoms with van der Waals surface area (Å²) in [5.41, 5.74) is -0.0151. The number of aromatic carboxylic acids is 1. The van der Waals surface area contributed by atoms with E-state index < -0.39 is 17.8 Å². The molecule has 1 aliphatic rings. The van der Waals surface area contributed by atoms with E-state index in [2.05, 4.69) is 5.32 Å². The zero-order chi connectivity index (χ0) is 16.3. The first kappa shape index (κ1) is 15.2. The zero-order valence-electron chi connectivity index (χ0n) is 11.2. The van der Waals surface area contributed by atoms with Crippen molar-refractivity contribution in [2.45, 2.75) is 0 Å². The van der Waals surface area contributed by atoms with E-state index >= 15 is 0 Å². The SMILES string of the molecule is N#Cc1ccc(C(=O)O)c(NC2=CC(=O)N(CCO)C2=O)c1. The van der Waals surface area contributed by atoms with Gasteiger partial charge >= 0.3 is 5.97 Å². The minimum absolute atomic E-state index is 0.0322. The molecule has 0 radical (unpaired) electrons. The van der Waals surface area contributed by atoms with Gasteiger partial charge in [0.1, 0.15) is 5.70 Å². The molecule has 0 atom stereocenters. The van der Waals surface area contributed by atoms with Gasteiger partial charge in [0, 0.05) is 6.08 Å². The minimum atomic E-state index is -1.24. The molecule has 0 aliphatic carbocycles. The van der Waals surface area contributed by atoms with Crippen LogP contribution in [-0.2, 0) is 9.59 Å². The molecule has 112 valence electrons. The lowest BCUT2D eigenvalue weighted by Crippen LogP contribution is -2.34. The van der Waals surface area contributed by atoms with Gasteiger partial charge in [0.2, 0.25) is 0 Å². The van der Waals surface area contributed by atoms with Crippen LogP contribution >= 0.6 is 0 Å². The standard InChI is InChI=1S/C14H11N3O5/c15-7-8-1-2-9(14(21)22)10(5-8)16-11-6-12(19)17(3-4-18)13(11)20/h1-2,5-6,16,18H,3-4H2,(H,21,22). The predicted molar refractivity (Wildman–Crippen MR) is 73.6 cm³/mol. The first-order valence-electron chi connectivity index (χ1n) is 6.20. The molecule has 1 aliphatic heterocycles. The lowest BCUT2D eigenvalue weighted by molar-refractivity contribution is -0.137. The highest BCUT2D eigenvalue weighted by molar-refractivity contribution is 6.17. The summed E-state index contributed by atoms with van der Waals surface area (Å²) in [7, 11) is 0. The average Bonchev–Trinajstić information content (AvgIpc) is 2.75. The molecule has 22 heavy (non-hydrogen) atoms. The van der Waals surface area contributed by atoms with Crippen LogP contribution in [0, 0.1) is 11.3 Å². The summed E-state index contributed by atoms with van der Waals surface area (Å²) in [6.07, 6.45) is 1.02. The zero-order valence-corrected chi connectivity index (χ0v) is 11.2. The minimum Gasteiger partial charge on any atom is -0.478 e. The number of aliphatic hydroxyl groups is 1. The number of carbonyl (C=O) groups excluding carboxylic acids is 2. The predicted octanol–water partition coefficient (Wildman–Crippen LogP) is -0.0866. The van der Waals surface area contributed by atoms with E-state index in [1.54, 1.807) is 0 Å². The van der Waals surface area contributed by atoms with Gasteiger partial charge in [0.25, 0.3) is 11.8 Å². The molecule has 2 amide bonds. The maximum absolute atomic E-state index is 12.0. The Kier molecular flexibility index (Phi) is 4.20. The van der Waals surface area contributed by atoms with Crippen molar-refractivity contribution in [3.05, 3.63) is 41.1 Å². The first-order chi connectivity index (χ1) is 10.5. The normalized spacial score (nSPS) is 13.8. The van der Waals surface area contributed by atoms with Crippen LogP contribution in [0.25, 0.3) is 0 Å². The molecule has 0 aromatic heterocycles. The summed E-state index contributed by atoms with van der Waals surface area (Å²) in [6.45, 7) is -0.522. The first-order valence-corrected chi connectivity index (χ1v) is 6.20. The van der Waals surface area contributed by atoms with Crippen LogP contribution < -0.4 is 5.32 Å². The Balaban J connectivity index is 2.33. The van der Waals surface area contributed by atoms with Gasteiger partial charge in [-0.1, -0.05) is 0 Å². The van der Waals surface area contributed by atoms with Gasteiger partial charge in [0.15, 0.2) is 0 Å². The summed E-state index contributed by atoms with van der Waals surface area (Å²) in [4.78, 5) is 35.6. The molecule has 0 fully saturated rings. The number of aliphatic hydroxyl groups excluding tert-OH is 1. The summed E-state index contributed by atoms with van der Waals surface area (Å²) in [5.74, 6) is -2.51. The van der Waals surface area contributed by atoms with Crippen molar-refractivity contribution in [3.8, 4) is 6.07 Å². The number of benzene rings is 1. The third-order valence-electron chi connectivity index (χ3n) is 2.98. The maximum Gasteiger partial charge on any atom is 0.337 e. The molecule has 8 nitrogen and oxygen atoms in total. The van der Waals surface area contributed by atoms with E-state index in [-0.39, 0.29) is 35.7 Å². The smallest absolute Gasteiger partial charge is 0.337 e. The van der Waals surface area contributed by atoms with Crippen LogP contribution in [0.5, 0.6) is 0 Å². The van der Waals surface area contributed by atoms with Crippen molar-refractivity contribution >= 4 is 23.5 Å². The summed E-state index contributed by atoms with van der Waals surface area (Å²) in [5, 5.41) is 29.4. The van der Waals surface area contributed by atoms with Crippen LogP contribution in [0.4, 0.5) is 5.69 Å². The van der Waals surface area contributed by atoms with Gasteiger partial charge in [-0.25, -0.2) is 4.79 Å². The van der Waals surface area contributed by atoms with E-state index in [1.165, 1.54) is 18.2 Å². The van der Waals surface area contributed by atoms with Crippen molar-refractivity contribution in [1.29, 1.82) is 5.26 Å². The van der Waals surface area contributed by atoms with E-state index in [0.717, 1.165) is 11.0 Å². The second kappa shape index (κ2) is 6.07. The lowest BCUT2D eigenvalue weighted by atomic mass is 10.1. The van der Waals surface area contributed by atoms with E-state index in [4.69, 9.17) is 15.5 Å².